The monoisotopic (exact) mass is 365 g/mol. The van der Waals surface area contributed by atoms with Gasteiger partial charge in [-0.3, -0.25) is 14.9 Å². The number of non-ortho nitro benzene ring substituents is 1. The fourth-order valence-electron chi connectivity index (χ4n) is 2.57. The minimum Gasteiger partial charge on any atom is -0.370 e. The van der Waals surface area contributed by atoms with Crippen molar-refractivity contribution in [3.8, 4) is 0 Å². The summed E-state index contributed by atoms with van der Waals surface area (Å²) in [6.45, 7) is 0. The fraction of sp³-hybridized carbons (Fsp3) is 0.0500. The first kappa shape index (κ1) is 18.1. The molecule has 0 unspecified atom stereocenters. The first-order valence-corrected chi connectivity index (χ1v) is 8.15. The molecule has 1 amide bonds. The molecule has 0 aliphatic carbocycles. The van der Waals surface area contributed by atoms with Gasteiger partial charge in [-0.05, 0) is 35.9 Å². The summed E-state index contributed by atoms with van der Waals surface area (Å²) in [5, 5.41) is 16.7. The van der Waals surface area contributed by atoms with Crippen molar-refractivity contribution >= 4 is 23.0 Å². The Morgan fingerprint density at radius 3 is 2.30 bits per heavy atom. The van der Waals surface area contributed by atoms with Crippen LogP contribution >= 0.6 is 0 Å². The molecule has 0 saturated heterocycles. The van der Waals surface area contributed by atoms with Crippen LogP contribution in [0.5, 0.6) is 0 Å². The zero-order valence-electron chi connectivity index (χ0n) is 14.1. The summed E-state index contributed by atoms with van der Waals surface area (Å²) in [5.41, 5.74) is 1.49. The highest BCUT2D eigenvalue weighted by Gasteiger charge is 2.21. The SMILES string of the molecule is O=C(Nc1ccc(F)cc1)[C@H](Nc1cccc([N+](=O)[O-])c1)c1ccccc1. The number of anilines is 2. The van der Waals surface area contributed by atoms with E-state index < -0.39 is 16.8 Å². The Kier molecular flexibility index (Phi) is 5.41. The van der Waals surface area contributed by atoms with Crippen LogP contribution in [0.4, 0.5) is 21.5 Å². The number of nitro benzene ring substituents is 1. The van der Waals surface area contributed by atoms with Gasteiger partial charge in [-0.25, -0.2) is 4.39 Å². The molecule has 136 valence electrons. The number of carbonyl (C=O) groups excluding carboxylic acids is 1. The van der Waals surface area contributed by atoms with Crippen molar-refractivity contribution in [2.75, 3.05) is 10.6 Å². The Bertz CT molecular complexity index is 946. The lowest BCUT2D eigenvalue weighted by Crippen LogP contribution is -2.27. The van der Waals surface area contributed by atoms with E-state index in [-0.39, 0.29) is 11.6 Å². The molecule has 0 fully saturated rings. The standard InChI is InChI=1S/C20H16FN3O3/c21-15-9-11-16(12-10-15)23-20(25)19(14-5-2-1-3-6-14)22-17-7-4-8-18(13-17)24(26)27/h1-13,19,22H,(H,23,25)/t19-/m1/s1. The van der Waals surface area contributed by atoms with Crippen LogP contribution in [-0.2, 0) is 4.79 Å². The first-order chi connectivity index (χ1) is 13.0. The maximum atomic E-state index is 13.1. The van der Waals surface area contributed by atoms with Crippen LogP contribution in [0.25, 0.3) is 0 Å². The molecule has 7 heteroatoms. The van der Waals surface area contributed by atoms with E-state index in [4.69, 9.17) is 0 Å². The van der Waals surface area contributed by atoms with Crippen LogP contribution in [0.3, 0.4) is 0 Å². The van der Waals surface area contributed by atoms with E-state index >= 15 is 0 Å². The molecule has 0 aliphatic rings. The third-order valence-corrected chi connectivity index (χ3v) is 3.87. The molecule has 27 heavy (non-hydrogen) atoms. The number of rotatable bonds is 6. The quantitative estimate of drug-likeness (QED) is 0.497. The van der Waals surface area contributed by atoms with Crippen molar-refractivity contribution in [2.45, 2.75) is 6.04 Å². The Hall–Kier alpha value is -3.74. The highest BCUT2D eigenvalue weighted by atomic mass is 19.1. The average Bonchev–Trinajstić information content (AvgIpc) is 2.68. The van der Waals surface area contributed by atoms with Gasteiger partial charge < -0.3 is 10.6 Å². The van der Waals surface area contributed by atoms with Crippen LogP contribution in [-0.4, -0.2) is 10.8 Å². The van der Waals surface area contributed by atoms with E-state index in [1.54, 1.807) is 36.4 Å². The van der Waals surface area contributed by atoms with E-state index in [2.05, 4.69) is 10.6 Å². The molecule has 6 nitrogen and oxygen atoms in total. The second-order valence-electron chi connectivity index (χ2n) is 5.79. The van der Waals surface area contributed by atoms with Gasteiger partial charge in [-0.1, -0.05) is 36.4 Å². The highest BCUT2D eigenvalue weighted by Crippen LogP contribution is 2.24. The average molecular weight is 365 g/mol. The van der Waals surface area contributed by atoms with Crippen LogP contribution in [0, 0.1) is 15.9 Å². The van der Waals surface area contributed by atoms with Crippen molar-refractivity contribution in [2.24, 2.45) is 0 Å². The van der Waals surface area contributed by atoms with Crippen LogP contribution in [0.15, 0.2) is 78.9 Å². The third-order valence-electron chi connectivity index (χ3n) is 3.87. The summed E-state index contributed by atoms with van der Waals surface area (Å²) in [6.07, 6.45) is 0. The number of nitro groups is 1. The molecule has 0 aliphatic heterocycles. The van der Waals surface area contributed by atoms with Crippen molar-refractivity contribution in [1.82, 2.24) is 0 Å². The maximum Gasteiger partial charge on any atom is 0.271 e. The van der Waals surface area contributed by atoms with Gasteiger partial charge in [0.05, 0.1) is 4.92 Å². The summed E-state index contributed by atoms with van der Waals surface area (Å²) < 4.78 is 13.1. The second kappa shape index (κ2) is 8.09. The Labute approximate surface area is 154 Å². The van der Waals surface area contributed by atoms with Crippen LogP contribution in [0.1, 0.15) is 11.6 Å². The van der Waals surface area contributed by atoms with Crippen LogP contribution < -0.4 is 10.6 Å². The lowest BCUT2D eigenvalue weighted by atomic mass is 10.1. The van der Waals surface area contributed by atoms with Gasteiger partial charge in [-0.15, -0.1) is 0 Å². The van der Waals surface area contributed by atoms with Gasteiger partial charge in [0.2, 0.25) is 0 Å². The molecule has 1 atom stereocenters. The molecule has 3 rings (SSSR count). The summed E-state index contributed by atoms with van der Waals surface area (Å²) in [4.78, 5) is 23.3. The predicted octanol–water partition coefficient (Wildman–Crippen LogP) is 4.53. The summed E-state index contributed by atoms with van der Waals surface area (Å²) in [5.74, 6) is -0.776. The minimum atomic E-state index is -0.793. The maximum absolute atomic E-state index is 13.1. The normalized spacial score (nSPS) is 11.4. The number of nitrogens with zero attached hydrogens (tertiary/aromatic N) is 1. The molecule has 3 aromatic rings. The van der Waals surface area contributed by atoms with Gasteiger partial charge in [0.25, 0.3) is 11.6 Å². The van der Waals surface area contributed by atoms with Gasteiger partial charge in [0.15, 0.2) is 0 Å². The second-order valence-corrected chi connectivity index (χ2v) is 5.79. The Balaban J connectivity index is 1.87. The molecule has 0 spiro atoms. The van der Waals surface area contributed by atoms with Crippen molar-refractivity contribution in [3.63, 3.8) is 0 Å². The summed E-state index contributed by atoms with van der Waals surface area (Å²) in [7, 11) is 0. The molecular weight excluding hydrogens is 349 g/mol. The van der Waals surface area contributed by atoms with E-state index in [1.807, 2.05) is 6.07 Å². The topological polar surface area (TPSA) is 84.3 Å². The largest absolute Gasteiger partial charge is 0.370 e. The number of halogens is 1. The van der Waals surface area contributed by atoms with Crippen molar-refractivity contribution in [3.05, 3.63) is 100 Å². The van der Waals surface area contributed by atoms with E-state index in [0.29, 0.717) is 16.9 Å². The molecule has 0 heterocycles. The van der Waals surface area contributed by atoms with E-state index in [0.717, 1.165) is 0 Å². The summed E-state index contributed by atoms with van der Waals surface area (Å²) in [6, 6.07) is 19.5. The minimum absolute atomic E-state index is 0.0780. The number of benzene rings is 3. The van der Waals surface area contributed by atoms with E-state index in [1.165, 1.54) is 36.4 Å². The van der Waals surface area contributed by atoms with Crippen molar-refractivity contribution in [1.29, 1.82) is 0 Å². The zero-order valence-corrected chi connectivity index (χ0v) is 14.1. The molecular formula is C20H16FN3O3. The highest BCUT2D eigenvalue weighted by molar-refractivity contribution is 5.97. The van der Waals surface area contributed by atoms with Gasteiger partial charge in [0.1, 0.15) is 11.9 Å². The molecule has 0 aromatic heterocycles. The predicted molar refractivity (Wildman–Crippen MR) is 101 cm³/mol. The van der Waals surface area contributed by atoms with Crippen molar-refractivity contribution < 1.29 is 14.1 Å². The number of amides is 1. The molecule has 0 radical (unpaired) electrons. The number of hydrogen-bond donors (Lipinski definition) is 2. The first-order valence-electron chi connectivity index (χ1n) is 8.15. The lowest BCUT2D eigenvalue weighted by Gasteiger charge is -2.20. The molecule has 2 N–H and O–H groups in total. The smallest absolute Gasteiger partial charge is 0.271 e. The zero-order chi connectivity index (χ0) is 19.2. The molecule has 0 saturated carbocycles. The van der Waals surface area contributed by atoms with Gasteiger partial charge >= 0.3 is 0 Å². The number of carbonyl (C=O) groups is 1. The number of nitrogens with one attached hydrogen (secondary N) is 2. The van der Waals surface area contributed by atoms with Crippen LogP contribution in [0.2, 0.25) is 0 Å². The molecule has 3 aromatic carbocycles. The van der Waals surface area contributed by atoms with Gasteiger partial charge in [-0.2, -0.15) is 0 Å². The third kappa shape index (κ3) is 4.66. The summed E-state index contributed by atoms with van der Waals surface area (Å²) >= 11 is 0. The van der Waals surface area contributed by atoms with E-state index in [9.17, 15) is 19.3 Å². The molecule has 0 bridgehead atoms. The Morgan fingerprint density at radius 1 is 0.926 bits per heavy atom. The Morgan fingerprint density at radius 2 is 1.63 bits per heavy atom. The number of hydrogen-bond acceptors (Lipinski definition) is 4. The lowest BCUT2D eigenvalue weighted by molar-refractivity contribution is -0.384. The fourth-order valence-corrected chi connectivity index (χ4v) is 2.57. The van der Waals surface area contributed by atoms with Gasteiger partial charge in [0, 0.05) is 23.5 Å².